The molecule has 0 aromatic heterocycles. The van der Waals surface area contributed by atoms with Gasteiger partial charge in [-0.15, -0.1) is 0 Å². The summed E-state index contributed by atoms with van der Waals surface area (Å²) in [5.41, 5.74) is -5.04. The van der Waals surface area contributed by atoms with Crippen LogP contribution in [0.5, 0.6) is 0 Å². The molecule has 0 heterocycles. The van der Waals surface area contributed by atoms with E-state index >= 15 is 0 Å². The molecule has 2 saturated carbocycles. The van der Waals surface area contributed by atoms with Crippen LogP contribution in [0, 0.1) is 39.4 Å². The SMILES string of the molecule is CC1(C)C(C(=O)O)CC(CC2(C)[C@@H](C(=O)O)CC[C@@]2(C)C(=O)O)C1(C)C(=O)O. The fourth-order valence-corrected chi connectivity index (χ4v) is 5.90. The summed E-state index contributed by atoms with van der Waals surface area (Å²) in [6, 6.07) is 0. The number of aliphatic carboxylic acids is 4. The average molecular weight is 398 g/mol. The minimum Gasteiger partial charge on any atom is -0.481 e. The summed E-state index contributed by atoms with van der Waals surface area (Å²) in [4.78, 5) is 48.1. The molecule has 0 radical (unpaired) electrons. The Morgan fingerprint density at radius 2 is 1.32 bits per heavy atom. The lowest BCUT2D eigenvalue weighted by molar-refractivity contribution is -0.165. The molecule has 158 valence electrons. The first-order chi connectivity index (χ1) is 12.6. The molecule has 0 bridgehead atoms. The molecular weight excluding hydrogens is 368 g/mol. The fraction of sp³-hybridized carbons (Fsp3) is 0.800. The number of carboxylic acid groups (broad SMARTS) is 4. The zero-order valence-electron chi connectivity index (χ0n) is 17.0. The Labute approximate surface area is 163 Å². The van der Waals surface area contributed by atoms with E-state index < -0.39 is 63.3 Å². The first-order valence-electron chi connectivity index (χ1n) is 9.49. The van der Waals surface area contributed by atoms with Gasteiger partial charge >= 0.3 is 23.9 Å². The minimum atomic E-state index is -1.43. The molecule has 0 spiro atoms. The maximum Gasteiger partial charge on any atom is 0.310 e. The average Bonchev–Trinajstić information content (AvgIpc) is 2.92. The van der Waals surface area contributed by atoms with Crippen molar-refractivity contribution in [1.82, 2.24) is 0 Å². The van der Waals surface area contributed by atoms with Crippen LogP contribution in [-0.2, 0) is 19.2 Å². The van der Waals surface area contributed by atoms with Gasteiger partial charge in [0.1, 0.15) is 0 Å². The van der Waals surface area contributed by atoms with Crippen molar-refractivity contribution >= 4 is 23.9 Å². The van der Waals surface area contributed by atoms with Gasteiger partial charge in [-0.25, -0.2) is 0 Å². The van der Waals surface area contributed by atoms with E-state index in [4.69, 9.17) is 0 Å². The van der Waals surface area contributed by atoms with Gasteiger partial charge in [0.2, 0.25) is 0 Å². The second-order valence-electron chi connectivity index (χ2n) is 9.74. The molecule has 0 aliphatic heterocycles. The summed E-state index contributed by atoms with van der Waals surface area (Å²) in [7, 11) is 0. The van der Waals surface area contributed by atoms with Gasteiger partial charge in [0.05, 0.1) is 22.7 Å². The van der Waals surface area contributed by atoms with E-state index in [9.17, 15) is 39.6 Å². The Morgan fingerprint density at radius 3 is 1.71 bits per heavy atom. The summed E-state index contributed by atoms with van der Waals surface area (Å²) in [6.45, 7) is 7.86. The van der Waals surface area contributed by atoms with E-state index in [-0.39, 0.29) is 25.7 Å². The van der Waals surface area contributed by atoms with Crippen LogP contribution in [0.3, 0.4) is 0 Å². The van der Waals surface area contributed by atoms with Crippen molar-refractivity contribution in [2.24, 2.45) is 39.4 Å². The number of rotatable bonds is 6. The molecule has 0 aromatic rings. The maximum atomic E-state index is 12.3. The highest BCUT2D eigenvalue weighted by Gasteiger charge is 2.68. The van der Waals surface area contributed by atoms with E-state index in [0.717, 1.165) is 0 Å². The fourth-order valence-electron chi connectivity index (χ4n) is 5.90. The Bertz CT molecular complexity index is 728. The van der Waals surface area contributed by atoms with Gasteiger partial charge in [-0.05, 0) is 56.3 Å². The van der Waals surface area contributed by atoms with Crippen molar-refractivity contribution in [2.75, 3.05) is 0 Å². The van der Waals surface area contributed by atoms with E-state index in [1.807, 2.05) is 0 Å². The number of hydrogen-bond acceptors (Lipinski definition) is 4. The van der Waals surface area contributed by atoms with Crippen molar-refractivity contribution < 1.29 is 39.6 Å². The molecule has 4 N–H and O–H groups in total. The van der Waals surface area contributed by atoms with Gasteiger partial charge in [-0.2, -0.15) is 0 Å². The molecule has 2 rings (SSSR count). The predicted octanol–water partition coefficient (Wildman–Crippen LogP) is 2.81. The van der Waals surface area contributed by atoms with Gasteiger partial charge < -0.3 is 20.4 Å². The smallest absolute Gasteiger partial charge is 0.310 e. The number of carbonyl (C=O) groups is 4. The van der Waals surface area contributed by atoms with Gasteiger partial charge in [-0.3, -0.25) is 19.2 Å². The molecule has 2 aliphatic rings. The molecule has 8 heteroatoms. The van der Waals surface area contributed by atoms with Crippen LogP contribution in [0.25, 0.3) is 0 Å². The van der Waals surface area contributed by atoms with Crippen molar-refractivity contribution in [2.45, 2.75) is 60.3 Å². The Hall–Kier alpha value is -2.12. The Kier molecular flexibility index (Phi) is 5.11. The lowest BCUT2D eigenvalue weighted by Gasteiger charge is -2.46. The van der Waals surface area contributed by atoms with Crippen LogP contribution in [-0.4, -0.2) is 44.3 Å². The first kappa shape index (κ1) is 22.2. The second-order valence-corrected chi connectivity index (χ2v) is 9.74. The molecule has 28 heavy (non-hydrogen) atoms. The van der Waals surface area contributed by atoms with Crippen LogP contribution >= 0.6 is 0 Å². The summed E-state index contributed by atoms with van der Waals surface area (Å²) < 4.78 is 0. The van der Waals surface area contributed by atoms with Gasteiger partial charge in [-0.1, -0.05) is 20.8 Å². The summed E-state index contributed by atoms with van der Waals surface area (Å²) >= 11 is 0. The van der Waals surface area contributed by atoms with Crippen molar-refractivity contribution in [3.63, 3.8) is 0 Å². The number of hydrogen-bond donors (Lipinski definition) is 4. The predicted molar refractivity (Wildman–Crippen MR) is 97.6 cm³/mol. The first-order valence-corrected chi connectivity index (χ1v) is 9.49. The molecule has 4 unspecified atom stereocenters. The number of carboxylic acids is 4. The molecule has 6 atom stereocenters. The maximum absolute atomic E-state index is 12.3. The van der Waals surface area contributed by atoms with Crippen LogP contribution in [0.4, 0.5) is 0 Å². The van der Waals surface area contributed by atoms with E-state index in [0.29, 0.717) is 0 Å². The highest BCUT2D eigenvalue weighted by atomic mass is 16.4. The molecule has 0 aromatic carbocycles. The van der Waals surface area contributed by atoms with Gasteiger partial charge in [0.15, 0.2) is 0 Å². The van der Waals surface area contributed by atoms with E-state index in [1.165, 1.54) is 13.8 Å². The summed E-state index contributed by atoms with van der Waals surface area (Å²) in [5, 5.41) is 39.3. The molecule has 0 saturated heterocycles. The highest BCUT2D eigenvalue weighted by molar-refractivity contribution is 5.82. The molecular formula is C20H30O8. The Morgan fingerprint density at radius 1 is 0.821 bits per heavy atom. The molecule has 2 aliphatic carbocycles. The highest BCUT2D eigenvalue weighted by Crippen LogP contribution is 2.66. The normalized spacial score (nSPS) is 42.2. The lowest BCUT2D eigenvalue weighted by atomic mass is 9.55. The minimum absolute atomic E-state index is 0.0305. The van der Waals surface area contributed by atoms with Crippen LogP contribution in [0.2, 0.25) is 0 Å². The quantitative estimate of drug-likeness (QED) is 0.533. The van der Waals surface area contributed by atoms with Crippen molar-refractivity contribution in [1.29, 1.82) is 0 Å². The van der Waals surface area contributed by atoms with Crippen LogP contribution in [0.1, 0.15) is 60.3 Å². The third-order valence-electron chi connectivity index (χ3n) is 8.69. The summed E-state index contributed by atoms with van der Waals surface area (Å²) in [6.07, 6.45) is 0.473. The zero-order chi connectivity index (χ0) is 21.9. The molecule has 0 amide bonds. The van der Waals surface area contributed by atoms with Crippen LogP contribution < -0.4 is 0 Å². The lowest BCUT2D eigenvalue weighted by Crippen LogP contribution is -2.50. The van der Waals surface area contributed by atoms with Crippen LogP contribution in [0.15, 0.2) is 0 Å². The topological polar surface area (TPSA) is 149 Å². The molecule has 8 nitrogen and oxygen atoms in total. The molecule has 2 fully saturated rings. The van der Waals surface area contributed by atoms with E-state index in [1.54, 1.807) is 20.8 Å². The van der Waals surface area contributed by atoms with Gasteiger partial charge in [0.25, 0.3) is 0 Å². The third kappa shape index (κ3) is 2.63. The monoisotopic (exact) mass is 398 g/mol. The Balaban J connectivity index is 2.59. The zero-order valence-corrected chi connectivity index (χ0v) is 17.0. The van der Waals surface area contributed by atoms with Gasteiger partial charge in [0, 0.05) is 0 Å². The van der Waals surface area contributed by atoms with E-state index in [2.05, 4.69) is 0 Å². The largest absolute Gasteiger partial charge is 0.481 e. The standard InChI is InChI=1S/C20H30O8/c1-17(2)12(14(23)24)8-10(20(17,5)16(27)28)9-19(4)11(13(21)22)6-7-18(19,3)15(25)26/h10-12H,6-9H2,1-5H3,(H,21,22)(H,23,24)(H,25,26)(H,27,28)/t10?,11-,12?,18+,19?,20?/m1/s1. The summed E-state index contributed by atoms with van der Waals surface area (Å²) in [5.74, 6) is -6.95. The third-order valence-corrected chi connectivity index (χ3v) is 8.69. The van der Waals surface area contributed by atoms with Crippen molar-refractivity contribution in [3.05, 3.63) is 0 Å². The van der Waals surface area contributed by atoms with Crippen molar-refractivity contribution in [3.8, 4) is 0 Å². The second kappa shape index (κ2) is 6.46.